The molecule has 11 nitrogen and oxygen atoms in total. The summed E-state index contributed by atoms with van der Waals surface area (Å²) in [6, 6.07) is 8.87. The molecule has 1 aliphatic heterocycles. The molecule has 11 heteroatoms. The zero-order chi connectivity index (χ0) is 27.4. The van der Waals surface area contributed by atoms with Gasteiger partial charge in [0.25, 0.3) is 11.8 Å². The van der Waals surface area contributed by atoms with E-state index in [-0.39, 0.29) is 18.0 Å². The van der Waals surface area contributed by atoms with E-state index in [0.29, 0.717) is 61.2 Å². The normalized spacial score (nSPS) is 16.9. The van der Waals surface area contributed by atoms with Crippen LogP contribution in [0.15, 0.2) is 36.5 Å². The minimum atomic E-state index is -1.72. The Kier molecular flexibility index (Phi) is 7.75. The van der Waals surface area contributed by atoms with Crippen LogP contribution >= 0.6 is 0 Å². The number of nitrogens with two attached hydrogens (primary N) is 2. The van der Waals surface area contributed by atoms with Crippen molar-refractivity contribution in [1.29, 1.82) is 0 Å². The van der Waals surface area contributed by atoms with Crippen LogP contribution in [0.2, 0.25) is 0 Å². The fraction of sp³-hybridized carbons (Fsp3) is 0.370. The van der Waals surface area contributed by atoms with E-state index < -0.39 is 17.4 Å². The summed E-state index contributed by atoms with van der Waals surface area (Å²) in [6.45, 7) is 1.42. The van der Waals surface area contributed by atoms with E-state index in [4.69, 9.17) is 11.5 Å². The summed E-state index contributed by atoms with van der Waals surface area (Å²) in [5.74, 6) is 4.89. The van der Waals surface area contributed by atoms with Crippen LogP contribution in [0.5, 0.6) is 0 Å². The summed E-state index contributed by atoms with van der Waals surface area (Å²) in [6.07, 6.45) is 3.42. The number of hydrogen-bond acceptors (Lipinski definition) is 7. The Labute approximate surface area is 220 Å². The molecule has 1 fully saturated rings. The highest BCUT2D eigenvalue weighted by Gasteiger charge is 2.42. The first-order valence-electron chi connectivity index (χ1n) is 12.4. The molecule has 0 spiro atoms. The molecule has 5 N–H and O–H groups in total. The number of benzene rings is 1. The van der Waals surface area contributed by atoms with Crippen LogP contribution in [-0.4, -0.2) is 86.7 Å². The summed E-state index contributed by atoms with van der Waals surface area (Å²) in [5, 5.41) is 15.6. The van der Waals surface area contributed by atoms with Gasteiger partial charge >= 0.3 is 0 Å². The van der Waals surface area contributed by atoms with Crippen LogP contribution in [-0.2, 0) is 16.0 Å². The predicted molar refractivity (Wildman–Crippen MR) is 141 cm³/mol. The van der Waals surface area contributed by atoms with E-state index in [9.17, 15) is 19.5 Å². The summed E-state index contributed by atoms with van der Waals surface area (Å²) >= 11 is 0. The van der Waals surface area contributed by atoms with Crippen LogP contribution < -0.4 is 11.5 Å². The Hall–Kier alpha value is -4.27. The van der Waals surface area contributed by atoms with Crippen molar-refractivity contribution in [1.82, 2.24) is 24.6 Å². The average molecular weight is 518 g/mol. The lowest BCUT2D eigenvalue weighted by atomic mass is 10.0. The quantitative estimate of drug-likeness (QED) is 0.360. The number of rotatable bonds is 8. The minimum Gasteiger partial charge on any atom is -0.369 e. The third kappa shape index (κ3) is 5.51. The van der Waals surface area contributed by atoms with Gasteiger partial charge in [0.05, 0.1) is 5.52 Å². The fourth-order valence-corrected chi connectivity index (χ4v) is 4.30. The van der Waals surface area contributed by atoms with E-state index in [1.807, 2.05) is 12.1 Å². The third-order valence-corrected chi connectivity index (χ3v) is 6.62. The SMILES string of the molecule is CN(CCc1ccc2c(C(N)=O)nn(-c3cc(C#C[C@]4(O)CCN(C)C4=O)ccn3)c2c1)C(=O)CCCN. The molecule has 1 saturated heterocycles. The van der Waals surface area contributed by atoms with Gasteiger partial charge in [-0.15, -0.1) is 0 Å². The highest BCUT2D eigenvalue weighted by atomic mass is 16.3. The second-order valence-corrected chi connectivity index (χ2v) is 9.42. The standard InChI is InChI=1S/C27H31N7O4/c1-32(23(35)4-3-12-28)14-9-18-5-6-20-21(16-18)34(31-24(20)25(29)36)22-17-19(8-13-30-22)7-10-27(38)11-15-33(2)26(27)37/h5-6,8,13,16-17,38H,3-4,9,11-12,14-15,28H2,1-2H3,(H2,29,36)/t27-/m0/s1. The first-order valence-corrected chi connectivity index (χ1v) is 12.4. The Balaban J connectivity index is 1.64. The van der Waals surface area contributed by atoms with Crippen molar-refractivity contribution in [3.8, 4) is 17.7 Å². The maximum Gasteiger partial charge on any atom is 0.269 e. The number of amides is 3. The van der Waals surface area contributed by atoms with E-state index >= 15 is 0 Å². The summed E-state index contributed by atoms with van der Waals surface area (Å²) in [5.41, 5.74) is 11.6. The van der Waals surface area contributed by atoms with Gasteiger partial charge < -0.3 is 26.4 Å². The Morgan fingerprint density at radius 2 is 2.05 bits per heavy atom. The molecule has 1 aromatic carbocycles. The van der Waals surface area contributed by atoms with Crippen LogP contribution in [0.4, 0.5) is 0 Å². The van der Waals surface area contributed by atoms with Gasteiger partial charge in [0, 0.05) is 57.2 Å². The Morgan fingerprint density at radius 3 is 2.74 bits per heavy atom. The molecule has 38 heavy (non-hydrogen) atoms. The zero-order valence-corrected chi connectivity index (χ0v) is 21.5. The first-order chi connectivity index (χ1) is 18.1. The Morgan fingerprint density at radius 1 is 1.26 bits per heavy atom. The number of aliphatic hydroxyl groups is 1. The number of primary amides is 1. The van der Waals surface area contributed by atoms with Crippen molar-refractivity contribution in [2.24, 2.45) is 11.5 Å². The minimum absolute atomic E-state index is 0.0373. The maximum absolute atomic E-state index is 12.2. The molecule has 3 amide bonds. The van der Waals surface area contributed by atoms with Crippen molar-refractivity contribution in [2.45, 2.75) is 31.3 Å². The number of fused-ring (bicyclic) bond motifs is 1. The maximum atomic E-state index is 12.2. The molecule has 0 saturated carbocycles. The lowest BCUT2D eigenvalue weighted by Crippen LogP contribution is -2.37. The number of carbonyl (C=O) groups excluding carboxylic acids is 3. The van der Waals surface area contributed by atoms with E-state index in [1.165, 1.54) is 15.8 Å². The molecule has 3 heterocycles. The predicted octanol–water partition coefficient (Wildman–Crippen LogP) is 0.204. The number of nitrogens with zero attached hydrogens (tertiary/aromatic N) is 5. The molecule has 0 aliphatic carbocycles. The van der Waals surface area contributed by atoms with Crippen molar-refractivity contribution in [3.63, 3.8) is 0 Å². The largest absolute Gasteiger partial charge is 0.369 e. The summed E-state index contributed by atoms with van der Waals surface area (Å²) in [4.78, 5) is 44.1. The molecular formula is C27H31N7O4. The van der Waals surface area contributed by atoms with Crippen molar-refractivity contribution in [2.75, 3.05) is 33.7 Å². The Bertz CT molecular complexity index is 1450. The molecule has 0 radical (unpaired) electrons. The fourth-order valence-electron chi connectivity index (χ4n) is 4.30. The molecule has 1 aliphatic rings. The van der Waals surface area contributed by atoms with Gasteiger partial charge in [0.1, 0.15) is 0 Å². The molecule has 0 unspecified atom stereocenters. The van der Waals surface area contributed by atoms with Gasteiger partial charge in [-0.3, -0.25) is 14.4 Å². The van der Waals surface area contributed by atoms with E-state index in [1.54, 1.807) is 37.2 Å². The molecule has 0 bridgehead atoms. The number of likely N-dealkylation sites (tertiary alicyclic amines) is 1. The molecule has 198 valence electrons. The van der Waals surface area contributed by atoms with Crippen LogP contribution in [0.1, 0.15) is 40.9 Å². The van der Waals surface area contributed by atoms with Gasteiger partial charge in [-0.25, -0.2) is 9.67 Å². The zero-order valence-electron chi connectivity index (χ0n) is 21.5. The monoisotopic (exact) mass is 517 g/mol. The molecule has 3 aromatic rings. The van der Waals surface area contributed by atoms with Crippen molar-refractivity contribution < 1.29 is 19.5 Å². The van der Waals surface area contributed by atoms with E-state index in [0.717, 1.165) is 5.56 Å². The first kappa shape index (κ1) is 26.8. The smallest absolute Gasteiger partial charge is 0.269 e. The molecule has 1 atom stereocenters. The lowest BCUT2D eigenvalue weighted by molar-refractivity contribution is -0.137. The second kappa shape index (κ2) is 11.0. The number of likely N-dealkylation sites (N-methyl/N-ethyl adjacent to an activating group) is 2. The number of hydrogen-bond donors (Lipinski definition) is 3. The van der Waals surface area contributed by atoms with Gasteiger partial charge in [-0.1, -0.05) is 24.0 Å². The summed E-state index contributed by atoms with van der Waals surface area (Å²) < 4.78 is 1.52. The number of aromatic nitrogens is 3. The third-order valence-electron chi connectivity index (χ3n) is 6.62. The molecule has 4 rings (SSSR count). The van der Waals surface area contributed by atoms with Gasteiger partial charge in [0.15, 0.2) is 11.5 Å². The van der Waals surface area contributed by atoms with E-state index in [2.05, 4.69) is 21.9 Å². The topological polar surface area (TPSA) is 161 Å². The van der Waals surface area contributed by atoms with Crippen molar-refractivity contribution >= 4 is 28.6 Å². The molecular weight excluding hydrogens is 486 g/mol. The second-order valence-electron chi connectivity index (χ2n) is 9.42. The van der Waals surface area contributed by atoms with Gasteiger partial charge in [0.2, 0.25) is 11.5 Å². The average Bonchev–Trinajstić information content (AvgIpc) is 3.42. The van der Waals surface area contributed by atoms with Gasteiger partial charge in [-0.2, -0.15) is 5.10 Å². The number of pyridine rings is 1. The molecule has 2 aromatic heterocycles. The van der Waals surface area contributed by atoms with Crippen LogP contribution in [0.3, 0.4) is 0 Å². The van der Waals surface area contributed by atoms with Crippen molar-refractivity contribution in [3.05, 3.63) is 53.3 Å². The highest BCUT2D eigenvalue weighted by Crippen LogP contribution is 2.24. The number of carbonyl (C=O) groups is 3. The lowest BCUT2D eigenvalue weighted by Gasteiger charge is -2.17. The summed E-state index contributed by atoms with van der Waals surface area (Å²) in [7, 11) is 3.38. The van der Waals surface area contributed by atoms with Crippen LogP contribution in [0, 0.1) is 11.8 Å². The highest BCUT2D eigenvalue weighted by molar-refractivity contribution is 6.04. The van der Waals surface area contributed by atoms with Crippen LogP contribution in [0.25, 0.3) is 16.7 Å². The van der Waals surface area contributed by atoms with Gasteiger partial charge in [-0.05, 0) is 43.1 Å².